The van der Waals surface area contributed by atoms with Gasteiger partial charge in [0.1, 0.15) is 12.2 Å². The molecule has 0 saturated carbocycles. The van der Waals surface area contributed by atoms with Gasteiger partial charge in [0.2, 0.25) is 11.8 Å². The second-order valence-corrected chi connectivity index (χ2v) is 10.3. The molecule has 12 heteroatoms. The zero-order valence-electron chi connectivity index (χ0n) is 19.4. The average Bonchev–Trinajstić information content (AvgIpc) is 2.82. The molecule has 4 rings (SSSR count). The summed E-state index contributed by atoms with van der Waals surface area (Å²) in [5, 5.41) is 15.8. The van der Waals surface area contributed by atoms with E-state index in [9.17, 15) is 24.3 Å². The van der Waals surface area contributed by atoms with Crippen LogP contribution in [0.4, 0.5) is 4.79 Å². The Balaban J connectivity index is 1.63. The first kappa shape index (κ1) is 26.2. The lowest BCUT2D eigenvalue weighted by Gasteiger charge is -2.54. The van der Waals surface area contributed by atoms with E-state index in [1.165, 1.54) is 19.8 Å². The number of nitrogens with one attached hydrogen (secondary N) is 1. The molecule has 2 aliphatic rings. The van der Waals surface area contributed by atoms with Gasteiger partial charge in [-0.1, -0.05) is 48.0 Å². The van der Waals surface area contributed by atoms with Crippen LogP contribution in [0.25, 0.3) is 0 Å². The van der Waals surface area contributed by atoms with E-state index in [1.807, 2.05) is 30.3 Å². The molecule has 2 heterocycles. The van der Waals surface area contributed by atoms with E-state index >= 15 is 0 Å². The number of hydrogen-bond donors (Lipinski definition) is 2. The van der Waals surface area contributed by atoms with E-state index in [2.05, 4.69) is 27.9 Å². The summed E-state index contributed by atoms with van der Waals surface area (Å²) in [4.78, 5) is 54.2. The number of urea groups is 1. The minimum Gasteiger partial charge on any atom is -0.481 e. The van der Waals surface area contributed by atoms with Gasteiger partial charge in [0.15, 0.2) is 0 Å². The monoisotopic (exact) mass is 625 g/mol. The van der Waals surface area contributed by atoms with Gasteiger partial charge in [-0.25, -0.2) is 14.8 Å². The van der Waals surface area contributed by atoms with Crippen molar-refractivity contribution in [2.45, 2.75) is 31.7 Å². The zero-order chi connectivity index (χ0) is 26.0. The van der Waals surface area contributed by atoms with Gasteiger partial charge in [0.25, 0.3) is 0 Å². The molecule has 0 radical (unpaired) electrons. The quantitative estimate of drug-likeness (QED) is 0.477. The van der Waals surface area contributed by atoms with Gasteiger partial charge < -0.3 is 20.2 Å². The molecule has 2 N–H and O–H groups in total. The molecular formula is C24H25ClIN5O5. The van der Waals surface area contributed by atoms with Crippen molar-refractivity contribution in [3.05, 3.63) is 68.3 Å². The summed E-state index contributed by atoms with van der Waals surface area (Å²) in [5.41, 5.74) is 1.73. The van der Waals surface area contributed by atoms with Gasteiger partial charge in [-0.3, -0.25) is 14.4 Å². The smallest absolute Gasteiger partial charge is 0.334 e. The number of hydrogen-bond acceptors (Lipinski definition) is 5. The lowest BCUT2D eigenvalue weighted by Crippen LogP contribution is -2.76. The van der Waals surface area contributed by atoms with Crippen molar-refractivity contribution in [1.29, 1.82) is 0 Å². The van der Waals surface area contributed by atoms with E-state index in [1.54, 1.807) is 25.2 Å². The van der Waals surface area contributed by atoms with E-state index in [0.29, 0.717) is 5.02 Å². The maximum atomic E-state index is 13.4. The number of likely N-dealkylation sites (N-methyl/N-ethyl adjacent to an activating group) is 1. The predicted molar refractivity (Wildman–Crippen MR) is 139 cm³/mol. The molecule has 36 heavy (non-hydrogen) atoms. The Labute approximate surface area is 226 Å². The highest BCUT2D eigenvalue weighted by molar-refractivity contribution is 14.1. The van der Waals surface area contributed by atoms with E-state index in [0.717, 1.165) is 14.7 Å². The first-order chi connectivity index (χ1) is 17.2. The summed E-state index contributed by atoms with van der Waals surface area (Å²) in [6.07, 6.45) is -1.42. The number of nitrogens with zero attached hydrogens (tertiary/aromatic N) is 4. The van der Waals surface area contributed by atoms with Gasteiger partial charge >= 0.3 is 12.0 Å². The van der Waals surface area contributed by atoms with E-state index < -0.39 is 42.4 Å². The fourth-order valence-electron chi connectivity index (χ4n) is 4.52. The normalized spacial score (nSPS) is 20.4. The van der Waals surface area contributed by atoms with Crippen molar-refractivity contribution < 1.29 is 24.3 Å². The van der Waals surface area contributed by atoms with Crippen molar-refractivity contribution in [2.75, 3.05) is 20.1 Å². The molecule has 0 aromatic heterocycles. The summed E-state index contributed by atoms with van der Waals surface area (Å²) in [6, 6.07) is 13.0. The number of carboxylic acid groups (broad SMARTS) is 1. The molecule has 2 atom stereocenters. The molecule has 2 aromatic rings. The van der Waals surface area contributed by atoms with Crippen LogP contribution in [0.3, 0.4) is 0 Å². The van der Waals surface area contributed by atoms with Crippen LogP contribution >= 0.6 is 34.2 Å². The molecule has 0 unspecified atom stereocenters. The number of carbonyl (C=O) groups excluding carboxylic acids is 3. The number of benzene rings is 2. The molecule has 4 amide bonds. The Kier molecular flexibility index (Phi) is 8.00. The van der Waals surface area contributed by atoms with Crippen LogP contribution in [0.1, 0.15) is 17.5 Å². The van der Waals surface area contributed by atoms with Crippen LogP contribution in [-0.4, -0.2) is 81.1 Å². The van der Waals surface area contributed by atoms with Gasteiger partial charge in [-0.05, 0) is 45.9 Å². The molecule has 10 nitrogen and oxygen atoms in total. The van der Waals surface area contributed by atoms with Gasteiger partial charge in [0, 0.05) is 28.7 Å². The molecule has 2 saturated heterocycles. The van der Waals surface area contributed by atoms with Crippen LogP contribution in [0.5, 0.6) is 0 Å². The van der Waals surface area contributed by atoms with Crippen molar-refractivity contribution in [2.24, 2.45) is 0 Å². The van der Waals surface area contributed by atoms with Crippen molar-refractivity contribution >= 4 is 58.0 Å². The third-order valence-electron chi connectivity index (χ3n) is 6.18. The topological polar surface area (TPSA) is 114 Å². The molecule has 190 valence electrons. The first-order valence-corrected chi connectivity index (χ1v) is 12.7. The van der Waals surface area contributed by atoms with Crippen LogP contribution in [0.15, 0.2) is 48.5 Å². The number of fused-ring (bicyclic) bond motifs is 1. The number of carbonyl (C=O) groups is 4. The fourth-order valence-corrected chi connectivity index (χ4v) is 5.56. The SMILES string of the molecule is CN1CC(=O)N2[C@@H](CC(=O)O)C(=O)N(Cc3ccc(Cl)cc3I)C[C@@H]2N1C(=O)NCc1ccccc1. The number of halogens is 2. The Bertz CT molecular complexity index is 1180. The maximum Gasteiger partial charge on any atom is 0.334 e. The van der Waals surface area contributed by atoms with Gasteiger partial charge in [-0.15, -0.1) is 0 Å². The second-order valence-electron chi connectivity index (χ2n) is 8.65. The zero-order valence-corrected chi connectivity index (χ0v) is 22.3. The lowest BCUT2D eigenvalue weighted by atomic mass is 10.0. The molecule has 2 aliphatic heterocycles. The Morgan fingerprint density at radius 2 is 1.89 bits per heavy atom. The molecule has 0 spiro atoms. The van der Waals surface area contributed by atoms with Crippen LogP contribution in [-0.2, 0) is 27.5 Å². The summed E-state index contributed by atoms with van der Waals surface area (Å²) in [6.45, 7) is 0.331. The molecular weight excluding hydrogens is 601 g/mol. The van der Waals surface area contributed by atoms with E-state index in [-0.39, 0.29) is 26.2 Å². The number of amides is 4. The number of aliphatic carboxylic acids is 1. The molecule has 0 bridgehead atoms. The average molecular weight is 626 g/mol. The number of piperazine rings is 1. The number of hydrazine groups is 1. The standard InChI is InChI=1S/C24H25ClIN5O5/c1-28-14-21(32)30-19(10-22(33)34)23(35)29(12-16-7-8-17(25)9-18(16)26)13-20(30)31(28)24(36)27-11-15-5-3-2-4-6-15/h2-9,19-20H,10-14H2,1H3,(H,27,36)(H,33,34)/t19-,20-/m0/s1. The van der Waals surface area contributed by atoms with Gasteiger partial charge in [-0.2, -0.15) is 0 Å². The highest BCUT2D eigenvalue weighted by atomic mass is 127. The third kappa shape index (κ3) is 5.57. The van der Waals surface area contributed by atoms with Crippen LogP contribution in [0, 0.1) is 3.57 Å². The van der Waals surface area contributed by atoms with Crippen molar-refractivity contribution in [3.63, 3.8) is 0 Å². The van der Waals surface area contributed by atoms with Crippen LogP contribution in [0.2, 0.25) is 5.02 Å². The summed E-state index contributed by atoms with van der Waals surface area (Å²) < 4.78 is 0.847. The third-order valence-corrected chi connectivity index (χ3v) is 7.42. The maximum absolute atomic E-state index is 13.4. The van der Waals surface area contributed by atoms with Crippen molar-refractivity contribution in [3.8, 4) is 0 Å². The Hall–Kier alpha value is -2.90. The minimum absolute atomic E-state index is 0.0303. The second kappa shape index (κ2) is 11.0. The summed E-state index contributed by atoms with van der Waals surface area (Å²) in [7, 11) is 1.62. The molecule has 2 aromatic carbocycles. The lowest BCUT2D eigenvalue weighted by molar-refractivity contribution is -0.189. The largest absolute Gasteiger partial charge is 0.481 e. The minimum atomic E-state index is -1.23. The summed E-state index contributed by atoms with van der Waals surface area (Å²) >= 11 is 8.19. The Morgan fingerprint density at radius 3 is 2.56 bits per heavy atom. The fraction of sp³-hybridized carbons (Fsp3) is 0.333. The van der Waals surface area contributed by atoms with Crippen LogP contribution < -0.4 is 5.32 Å². The highest BCUT2D eigenvalue weighted by Crippen LogP contribution is 2.29. The Morgan fingerprint density at radius 1 is 1.17 bits per heavy atom. The molecule has 2 fully saturated rings. The number of carboxylic acids is 1. The predicted octanol–water partition coefficient (Wildman–Crippen LogP) is 2.36. The molecule has 0 aliphatic carbocycles. The van der Waals surface area contributed by atoms with Crippen molar-refractivity contribution in [1.82, 2.24) is 25.1 Å². The van der Waals surface area contributed by atoms with Gasteiger partial charge in [0.05, 0.1) is 19.5 Å². The number of rotatable bonds is 6. The highest BCUT2D eigenvalue weighted by Gasteiger charge is 2.51. The summed E-state index contributed by atoms with van der Waals surface area (Å²) in [5.74, 6) is -2.08. The first-order valence-electron chi connectivity index (χ1n) is 11.2. The van der Waals surface area contributed by atoms with E-state index in [4.69, 9.17) is 11.6 Å².